The quantitative estimate of drug-likeness (QED) is 0.480. The predicted octanol–water partition coefficient (Wildman–Crippen LogP) is 5.35. The van der Waals surface area contributed by atoms with Gasteiger partial charge in [0.15, 0.2) is 0 Å². The standard InChI is InChI=1S/C25H33N3O2/c1-6-19(4)28(20(5)7-2)25(29)16-27-22-14-10-9-13-21(22)26-24(27)17-30-23-15-11-8-12-18(23)3/h8-15,19-20H,6-7,16-17H2,1-5H3. The fourth-order valence-electron chi connectivity index (χ4n) is 3.81. The second kappa shape index (κ2) is 9.79. The van der Waals surface area contributed by atoms with Crippen molar-refractivity contribution in [2.75, 3.05) is 0 Å². The first-order valence-corrected chi connectivity index (χ1v) is 10.9. The van der Waals surface area contributed by atoms with Crippen molar-refractivity contribution in [1.29, 1.82) is 0 Å². The lowest BCUT2D eigenvalue weighted by atomic mass is 10.1. The van der Waals surface area contributed by atoms with Crippen molar-refractivity contribution in [1.82, 2.24) is 14.5 Å². The number of benzene rings is 2. The lowest BCUT2D eigenvalue weighted by Crippen LogP contribution is -2.45. The van der Waals surface area contributed by atoms with Gasteiger partial charge in [-0.25, -0.2) is 4.98 Å². The van der Waals surface area contributed by atoms with Crippen molar-refractivity contribution in [2.24, 2.45) is 0 Å². The Hall–Kier alpha value is -2.82. The van der Waals surface area contributed by atoms with Gasteiger partial charge in [-0.2, -0.15) is 0 Å². The van der Waals surface area contributed by atoms with Gasteiger partial charge in [-0.3, -0.25) is 4.79 Å². The molecule has 1 aromatic heterocycles. The van der Waals surface area contributed by atoms with E-state index in [1.807, 2.05) is 64.9 Å². The molecule has 3 aromatic rings. The van der Waals surface area contributed by atoms with E-state index in [0.29, 0.717) is 6.61 Å². The van der Waals surface area contributed by atoms with Crippen LogP contribution in [0.1, 0.15) is 51.9 Å². The van der Waals surface area contributed by atoms with Crippen LogP contribution in [0.3, 0.4) is 0 Å². The van der Waals surface area contributed by atoms with Crippen molar-refractivity contribution in [2.45, 2.75) is 72.7 Å². The number of carbonyl (C=O) groups is 1. The first-order valence-electron chi connectivity index (χ1n) is 10.9. The van der Waals surface area contributed by atoms with E-state index in [0.717, 1.165) is 41.0 Å². The molecule has 5 heteroatoms. The van der Waals surface area contributed by atoms with Crippen molar-refractivity contribution in [3.05, 3.63) is 59.9 Å². The van der Waals surface area contributed by atoms with Gasteiger partial charge in [0.2, 0.25) is 5.91 Å². The number of aryl methyl sites for hydroxylation is 1. The molecule has 0 aliphatic carbocycles. The second-order valence-corrected chi connectivity index (χ2v) is 7.97. The Morgan fingerprint density at radius 3 is 2.33 bits per heavy atom. The molecule has 0 fully saturated rings. The molecule has 0 spiro atoms. The van der Waals surface area contributed by atoms with Gasteiger partial charge in [0.05, 0.1) is 11.0 Å². The van der Waals surface area contributed by atoms with Crippen LogP contribution in [-0.4, -0.2) is 32.4 Å². The van der Waals surface area contributed by atoms with Gasteiger partial charge >= 0.3 is 0 Å². The zero-order valence-electron chi connectivity index (χ0n) is 18.8. The maximum atomic E-state index is 13.4. The minimum absolute atomic E-state index is 0.124. The Kier molecular flexibility index (Phi) is 7.14. The van der Waals surface area contributed by atoms with Crippen LogP contribution >= 0.6 is 0 Å². The number of hydrogen-bond acceptors (Lipinski definition) is 3. The molecule has 0 bridgehead atoms. The van der Waals surface area contributed by atoms with Gasteiger partial charge in [-0.15, -0.1) is 0 Å². The summed E-state index contributed by atoms with van der Waals surface area (Å²) in [5.74, 6) is 1.73. The zero-order valence-corrected chi connectivity index (χ0v) is 18.8. The number of ether oxygens (including phenoxy) is 1. The van der Waals surface area contributed by atoms with Crippen molar-refractivity contribution in [3.8, 4) is 5.75 Å². The second-order valence-electron chi connectivity index (χ2n) is 7.97. The number of para-hydroxylation sites is 3. The number of imidazole rings is 1. The van der Waals surface area contributed by atoms with Crippen molar-refractivity contribution in [3.63, 3.8) is 0 Å². The Morgan fingerprint density at radius 1 is 1.03 bits per heavy atom. The number of rotatable bonds is 9. The summed E-state index contributed by atoms with van der Waals surface area (Å²) in [4.78, 5) is 20.2. The van der Waals surface area contributed by atoms with E-state index in [1.54, 1.807) is 0 Å². The van der Waals surface area contributed by atoms with Gasteiger partial charge in [0.1, 0.15) is 24.7 Å². The molecule has 30 heavy (non-hydrogen) atoms. The summed E-state index contributed by atoms with van der Waals surface area (Å²) < 4.78 is 8.07. The minimum atomic E-state index is 0.124. The van der Waals surface area contributed by atoms with E-state index in [4.69, 9.17) is 9.72 Å². The number of hydrogen-bond donors (Lipinski definition) is 0. The molecule has 0 radical (unpaired) electrons. The molecule has 0 N–H and O–H groups in total. The first-order chi connectivity index (χ1) is 14.5. The third-order valence-corrected chi connectivity index (χ3v) is 5.90. The smallest absolute Gasteiger partial charge is 0.243 e. The van der Waals surface area contributed by atoms with E-state index in [1.165, 1.54) is 0 Å². The topological polar surface area (TPSA) is 47.4 Å². The Balaban J connectivity index is 1.91. The molecule has 0 saturated heterocycles. The maximum Gasteiger partial charge on any atom is 0.243 e. The van der Waals surface area contributed by atoms with Crippen molar-refractivity contribution < 1.29 is 9.53 Å². The van der Waals surface area contributed by atoms with Gasteiger partial charge in [-0.1, -0.05) is 44.2 Å². The van der Waals surface area contributed by atoms with Crippen LogP contribution in [0, 0.1) is 6.92 Å². The molecule has 3 rings (SSSR count). The average molecular weight is 408 g/mol. The largest absolute Gasteiger partial charge is 0.485 e. The highest BCUT2D eigenvalue weighted by Gasteiger charge is 2.25. The summed E-state index contributed by atoms with van der Waals surface area (Å²) in [7, 11) is 0. The Labute approximate surface area is 179 Å². The normalized spacial score (nSPS) is 13.2. The molecule has 0 aliphatic rings. The lowest BCUT2D eigenvalue weighted by molar-refractivity contribution is -0.136. The molecule has 0 saturated carbocycles. The van der Waals surface area contributed by atoms with E-state index < -0.39 is 0 Å². The molecule has 2 aromatic carbocycles. The molecular weight excluding hydrogens is 374 g/mol. The van der Waals surface area contributed by atoms with Crippen LogP contribution in [0.4, 0.5) is 0 Å². The fourth-order valence-corrected chi connectivity index (χ4v) is 3.81. The molecule has 1 heterocycles. The highest BCUT2D eigenvalue weighted by atomic mass is 16.5. The number of nitrogens with zero attached hydrogens (tertiary/aromatic N) is 3. The lowest BCUT2D eigenvalue weighted by Gasteiger charge is -2.34. The van der Waals surface area contributed by atoms with Crippen LogP contribution in [-0.2, 0) is 17.9 Å². The minimum Gasteiger partial charge on any atom is -0.485 e. The number of amides is 1. The fraction of sp³-hybridized carbons (Fsp3) is 0.440. The third-order valence-electron chi connectivity index (χ3n) is 5.90. The van der Waals surface area contributed by atoms with E-state index >= 15 is 0 Å². The average Bonchev–Trinajstić information content (AvgIpc) is 3.10. The highest BCUT2D eigenvalue weighted by molar-refractivity contribution is 5.81. The Morgan fingerprint density at radius 2 is 1.67 bits per heavy atom. The molecule has 5 nitrogen and oxygen atoms in total. The summed E-state index contributed by atoms with van der Waals surface area (Å²) in [6.07, 6.45) is 1.87. The molecule has 1 amide bonds. The van der Waals surface area contributed by atoms with Crippen LogP contribution in [0.15, 0.2) is 48.5 Å². The Bertz CT molecular complexity index is 985. The monoisotopic (exact) mass is 407 g/mol. The van der Waals surface area contributed by atoms with Crippen molar-refractivity contribution >= 4 is 16.9 Å². The summed E-state index contributed by atoms with van der Waals surface area (Å²) in [5.41, 5.74) is 2.92. The summed E-state index contributed by atoms with van der Waals surface area (Å²) in [5, 5.41) is 0. The molecular formula is C25H33N3O2. The summed E-state index contributed by atoms with van der Waals surface area (Å²) in [6.45, 7) is 11.1. The highest BCUT2D eigenvalue weighted by Crippen LogP contribution is 2.22. The molecule has 2 atom stereocenters. The summed E-state index contributed by atoms with van der Waals surface area (Å²) >= 11 is 0. The predicted molar refractivity (Wildman–Crippen MR) is 122 cm³/mol. The van der Waals surface area contributed by atoms with Gasteiger partial charge in [-0.05, 0) is 57.4 Å². The van der Waals surface area contributed by atoms with Gasteiger partial charge in [0.25, 0.3) is 0 Å². The van der Waals surface area contributed by atoms with E-state index in [-0.39, 0.29) is 24.5 Å². The van der Waals surface area contributed by atoms with E-state index in [9.17, 15) is 4.79 Å². The van der Waals surface area contributed by atoms with Crippen LogP contribution in [0.2, 0.25) is 0 Å². The van der Waals surface area contributed by atoms with Crippen LogP contribution in [0.5, 0.6) is 5.75 Å². The number of fused-ring (bicyclic) bond motifs is 1. The molecule has 2 unspecified atom stereocenters. The maximum absolute atomic E-state index is 13.4. The zero-order chi connectivity index (χ0) is 21.7. The number of carbonyl (C=O) groups excluding carboxylic acids is 1. The van der Waals surface area contributed by atoms with Crippen LogP contribution < -0.4 is 4.74 Å². The third kappa shape index (κ3) is 4.66. The summed E-state index contributed by atoms with van der Waals surface area (Å²) in [6, 6.07) is 16.3. The first kappa shape index (κ1) is 21.9. The molecule has 0 aliphatic heterocycles. The van der Waals surface area contributed by atoms with E-state index in [2.05, 4.69) is 27.7 Å². The van der Waals surface area contributed by atoms with Gasteiger partial charge in [0, 0.05) is 12.1 Å². The molecule has 160 valence electrons. The SMILES string of the molecule is CCC(C)N(C(=O)Cn1c(COc2ccccc2C)nc2ccccc21)C(C)CC. The van der Waals surface area contributed by atoms with Gasteiger partial charge < -0.3 is 14.2 Å². The number of aromatic nitrogens is 2. The van der Waals surface area contributed by atoms with Crippen LogP contribution in [0.25, 0.3) is 11.0 Å².